The topological polar surface area (TPSA) is 70.4 Å². The molecule has 0 radical (unpaired) electrons. The highest BCUT2D eigenvalue weighted by Crippen LogP contribution is 2.22. The second-order valence-electron chi connectivity index (χ2n) is 7.24. The van der Waals surface area contributed by atoms with Gasteiger partial charge < -0.3 is 14.0 Å². The van der Waals surface area contributed by atoms with E-state index in [1.54, 1.807) is 18.5 Å². The Kier molecular flexibility index (Phi) is 7.38. The Labute approximate surface area is 176 Å². The van der Waals surface area contributed by atoms with Gasteiger partial charge in [0.1, 0.15) is 6.10 Å². The Hall–Kier alpha value is -3.41. The van der Waals surface area contributed by atoms with Crippen LogP contribution in [-0.4, -0.2) is 34.7 Å². The molecule has 1 aromatic carbocycles. The molecule has 1 aliphatic rings. The number of ether oxygens (including phenoxy) is 2. The number of esters is 2. The highest BCUT2D eigenvalue weighted by atomic mass is 16.5. The first-order valence-corrected chi connectivity index (χ1v) is 9.89. The molecule has 1 atom stereocenters. The fraction of sp³-hybridized carbons (Fsp3) is 0.292. The molecule has 0 fully saturated rings. The first kappa shape index (κ1) is 21.3. The van der Waals surface area contributed by atoms with E-state index in [-0.39, 0.29) is 18.0 Å². The molecule has 1 unspecified atom stereocenters. The van der Waals surface area contributed by atoms with E-state index < -0.39 is 0 Å². The summed E-state index contributed by atoms with van der Waals surface area (Å²) in [7, 11) is 3.25. The molecule has 0 bridgehead atoms. The molecule has 30 heavy (non-hydrogen) atoms. The van der Waals surface area contributed by atoms with Gasteiger partial charge >= 0.3 is 11.9 Å². The minimum absolute atomic E-state index is 0.269. The minimum atomic E-state index is -0.389. The molecular formula is C24H26N2O4. The number of allylic oxidation sites excluding steroid dienone is 2. The maximum atomic E-state index is 12.3. The monoisotopic (exact) mass is 406 g/mol. The third-order valence-corrected chi connectivity index (χ3v) is 4.85. The van der Waals surface area contributed by atoms with Gasteiger partial charge in [0, 0.05) is 38.2 Å². The van der Waals surface area contributed by atoms with Gasteiger partial charge in [0.2, 0.25) is 0 Å². The molecule has 0 amide bonds. The van der Waals surface area contributed by atoms with Gasteiger partial charge in [-0.1, -0.05) is 42.0 Å². The van der Waals surface area contributed by atoms with E-state index in [9.17, 15) is 9.59 Å². The second-order valence-corrected chi connectivity index (χ2v) is 7.24. The molecule has 2 aromatic rings. The van der Waals surface area contributed by atoms with Crippen LogP contribution in [0.25, 0.3) is 6.08 Å². The number of carbonyl (C=O) groups excluding carboxylic acids is 2. The largest absolute Gasteiger partial charge is 0.466 e. The first-order valence-electron chi connectivity index (χ1n) is 9.89. The lowest BCUT2D eigenvalue weighted by atomic mass is 9.92. The summed E-state index contributed by atoms with van der Waals surface area (Å²) in [6.07, 6.45) is 14.4. The van der Waals surface area contributed by atoms with Crippen molar-refractivity contribution in [1.82, 2.24) is 9.55 Å². The molecule has 156 valence electrons. The van der Waals surface area contributed by atoms with Crippen molar-refractivity contribution >= 4 is 18.0 Å². The van der Waals surface area contributed by atoms with Crippen molar-refractivity contribution in [2.45, 2.75) is 31.8 Å². The van der Waals surface area contributed by atoms with Crippen LogP contribution in [-0.2, 0) is 39.0 Å². The van der Waals surface area contributed by atoms with E-state index >= 15 is 0 Å². The average molecular weight is 406 g/mol. The number of benzene rings is 1. The summed E-state index contributed by atoms with van der Waals surface area (Å²) in [6, 6.07) is 8.05. The Balaban J connectivity index is 1.74. The van der Waals surface area contributed by atoms with Gasteiger partial charge in [-0.05, 0) is 30.0 Å². The van der Waals surface area contributed by atoms with Crippen LogP contribution < -0.4 is 0 Å². The third-order valence-electron chi connectivity index (χ3n) is 4.85. The van der Waals surface area contributed by atoms with Crippen LogP contribution in [0.2, 0.25) is 0 Å². The van der Waals surface area contributed by atoms with E-state index in [1.165, 1.54) is 13.2 Å². The Morgan fingerprint density at radius 2 is 1.97 bits per heavy atom. The summed E-state index contributed by atoms with van der Waals surface area (Å²) in [4.78, 5) is 28.2. The highest BCUT2D eigenvalue weighted by Gasteiger charge is 2.17. The van der Waals surface area contributed by atoms with Crippen LogP contribution in [0.3, 0.4) is 0 Å². The lowest BCUT2D eigenvalue weighted by Crippen LogP contribution is -2.20. The van der Waals surface area contributed by atoms with Gasteiger partial charge in [0.25, 0.3) is 0 Å². The van der Waals surface area contributed by atoms with Crippen molar-refractivity contribution in [3.63, 3.8) is 0 Å². The van der Waals surface area contributed by atoms with Crippen LogP contribution in [0.4, 0.5) is 0 Å². The van der Waals surface area contributed by atoms with Crippen molar-refractivity contribution in [3.8, 4) is 0 Å². The van der Waals surface area contributed by atoms with Gasteiger partial charge in [0.15, 0.2) is 0 Å². The fourth-order valence-electron chi connectivity index (χ4n) is 3.36. The quantitative estimate of drug-likeness (QED) is 0.441. The SMILES string of the molecule is COC(=O)C=C1CC=CCC(OC(=O)C=Cc2cn(C)cn2)Cc2ccccc2C1. The summed E-state index contributed by atoms with van der Waals surface area (Å²) < 4.78 is 12.3. The predicted molar refractivity (Wildman–Crippen MR) is 114 cm³/mol. The molecular weight excluding hydrogens is 380 g/mol. The number of hydrogen-bond donors (Lipinski definition) is 0. The predicted octanol–water partition coefficient (Wildman–Crippen LogP) is 3.58. The molecule has 0 saturated carbocycles. The summed E-state index contributed by atoms with van der Waals surface area (Å²) in [5.74, 6) is -0.737. The van der Waals surface area contributed by atoms with Crippen LogP contribution >= 0.6 is 0 Å². The molecule has 0 spiro atoms. The van der Waals surface area contributed by atoms with Crippen LogP contribution in [0.5, 0.6) is 0 Å². The summed E-state index contributed by atoms with van der Waals surface area (Å²) in [5, 5.41) is 0. The summed E-state index contributed by atoms with van der Waals surface area (Å²) in [6.45, 7) is 0. The number of aryl methyl sites for hydroxylation is 1. The molecule has 6 nitrogen and oxygen atoms in total. The lowest BCUT2D eigenvalue weighted by molar-refractivity contribution is -0.142. The van der Waals surface area contributed by atoms with E-state index in [4.69, 9.17) is 9.47 Å². The number of carbonyl (C=O) groups is 2. The molecule has 1 heterocycles. The number of nitrogens with zero attached hydrogens (tertiary/aromatic N) is 2. The highest BCUT2D eigenvalue weighted by molar-refractivity contribution is 5.86. The van der Waals surface area contributed by atoms with Crippen molar-refractivity contribution < 1.29 is 19.1 Å². The van der Waals surface area contributed by atoms with Crippen molar-refractivity contribution in [1.29, 1.82) is 0 Å². The number of fused-ring (bicyclic) bond motifs is 1. The van der Waals surface area contributed by atoms with Crippen LogP contribution in [0, 0.1) is 0 Å². The molecule has 0 saturated heterocycles. The third kappa shape index (κ3) is 6.30. The maximum absolute atomic E-state index is 12.3. The normalized spacial score (nSPS) is 18.2. The number of methoxy groups -OCH3 is 1. The zero-order valence-corrected chi connectivity index (χ0v) is 17.3. The first-order chi connectivity index (χ1) is 14.5. The minimum Gasteiger partial charge on any atom is -0.466 e. The molecule has 1 aliphatic carbocycles. The number of rotatable bonds is 4. The lowest BCUT2D eigenvalue weighted by Gasteiger charge is -2.19. The number of aromatic nitrogens is 2. The number of hydrogen-bond acceptors (Lipinski definition) is 5. The van der Waals surface area contributed by atoms with Gasteiger partial charge in [0.05, 0.1) is 19.1 Å². The molecule has 1 aromatic heterocycles. The number of imidazole rings is 1. The van der Waals surface area contributed by atoms with E-state index in [0.29, 0.717) is 31.4 Å². The Bertz CT molecular complexity index is 985. The Morgan fingerprint density at radius 1 is 1.17 bits per heavy atom. The van der Waals surface area contributed by atoms with Crippen LogP contribution in [0.15, 0.2) is 66.7 Å². The summed E-state index contributed by atoms with van der Waals surface area (Å²) >= 11 is 0. The second kappa shape index (κ2) is 10.4. The molecule has 0 aliphatic heterocycles. The zero-order valence-electron chi connectivity index (χ0n) is 17.3. The van der Waals surface area contributed by atoms with Crippen molar-refractivity contribution in [2.24, 2.45) is 7.05 Å². The van der Waals surface area contributed by atoms with E-state index in [1.807, 2.05) is 54.2 Å². The van der Waals surface area contributed by atoms with Crippen molar-refractivity contribution in [2.75, 3.05) is 7.11 Å². The van der Waals surface area contributed by atoms with Gasteiger partial charge in [-0.15, -0.1) is 0 Å². The van der Waals surface area contributed by atoms with E-state index in [2.05, 4.69) is 4.98 Å². The smallest absolute Gasteiger partial charge is 0.331 e. The van der Waals surface area contributed by atoms with Gasteiger partial charge in [-0.3, -0.25) is 0 Å². The van der Waals surface area contributed by atoms with E-state index in [0.717, 1.165) is 16.7 Å². The fourth-order valence-corrected chi connectivity index (χ4v) is 3.36. The Morgan fingerprint density at radius 3 is 2.70 bits per heavy atom. The standard InChI is InChI=1S/C24H26N2O4/c1-26-16-21(25-17-26)11-12-23(27)30-22-10-6-3-7-18(14-24(28)29-2)13-19-8-4-5-9-20(19)15-22/h3-6,8-9,11-12,14,16-17,22H,7,10,13,15H2,1-2H3. The zero-order chi connectivity index (χ0) is 21.3. The van der Waals surface area contributed by atoms with Gasteiger partial charge in [-0.25, -0.2) is 14.6 Å². The van der Waals surface area contributed by atoms with Crippen LogP contribution in [0.1, 0.15) is 29.7 Å². The molecule has 6 heteroatoms. The summed E-state index contributed by atoms with van der Waals surface area (Å²) in [5.41, 5.74) is 3.91. The molecule has 3 rings (SSSR count). The molecule has 0 N–H and O–H groups in total. The van der Waals surface area contributed by atoms with Crippen molar-refractivity contribution in [3.05, 3.63) is 83.5 Å². The van der Waals surface area contributed by atoms with Gasteiger partial charge in [-0.2, -0.15) is 0 Å². The maximum Gasteiger partial charge on any atom is 0.331 e. The average Bonchev–Trinajstić information content (AvgIpc) is 3.15.